The molecular formula is C16H19ClN2O3S. The van der Waals surface area contributed by atoms with Crippen LogP contribution in [-0.4, -0.2) is 46.1 Å². The van der Waals surface area contributed by atoms with Crippen LogP contribution in [0.3, 0.4) is 0 Å². The number of halogens is 1. The Morgan fingerprint density at radius 2 is 2.26 bits per heavy atom. The number of carbonyl (C=O) groups excluding carboxylic acids is 1. The van der Waals surface area contributed by atoms with Crippen molar-refractivity contribution in [3.8, 4) is 0 Å². The van der Waals surface area contributed by atoms with Gasteiger partial charge in [-0.3, -0.25) is 9.79 Å². The van der Waals surface area contributed by atoms with Crippen LogP contribution in [0.15, 0.2) is 29.3 Å². The minimum atomic E-state index is -1.28. The van der Waals surface area contributed by atoms with E-state index in [0.717, 1.165) is 23.7 Å². The zero-order valence-corrected chi connectivity index (χ0v) is 14.4. The van der Waals surface area contributed by atoms with Gasteiger partial charge in [0.25, 0.3) is 0 Å². The van der Waals surface area contributed by atoms with Crippen molar-refractivity contribution in [1.29, 1.82) is 0 Å². The lowest BCUT2D eigenvalue weighted by molar-refractivity contribution is -0.146. The molecule has 2 heterocycles. The van der Waals surface area contributed by atoms with Crippen molar-refractivity contribution in [3.05, 3.63) is 34.9 Å². The van der Waals surface area contributed by atoms with Gasteiger partial charge < -0.3 is 14.7 Å². The molecular weight excluding hydrogens is 336 g/mol. The first kappa shape index (κ1) is 16.6. The molecule has 0 saturated carbocycles. The van der Waals surface area contributed by atoms with Gasteiger partial charge in [0, 0.05) is 23.7 Å². The Balaban J connectivity index is 1.96. The fourth-order valence-corrected chi connectivity index (χ4v) is 4.53. The van der Waals surface area contributed by atoms with E-state index in [9.17, 15) is 9.90 Å². The highest BCUT2D eigenvalue weighted by Gasteiger charge is 2.53. The van der Waals surface area contributed by atoms with Gasteiger partial charge in [0.1, 0.15) is 0 Å². The first-order valence-electron chi connectivity index (χ1n) is 7.68. The van der Waals surface area contributed by atoms with Crippen LogP contribution in [0.5, 0.6) is 0 Å². The molecule has 124 valence electrons. The highest BCUT2D eigenvalue weighted by molar-refractivity contribution is 8.14. The summed E-state index contributed by atoms with van der Waals surface area (Å²) in [5, 5.41) is 12.5. The standard InChI is InChI=1S/C16H19ClN2O3S/c1-2-22-14(20)10-13-16(21,11-4-6-12(17)7-5-11)19-9-3-8-18-15(19)23-13/h4-7,13,21H,2-3,8-10H2,1H3. The Labute approximate surface area is 144 Å². The third kappa shape index (κ3) is 3.07. The summed E-state index contributed by atoms with van der Waals surface area (Å²) in [5.74, 6) is -0.308. The number of aliphatic hydroxyl groups is 1. The number of rotatable bonds is 4. The van der Waals surface area contributed by atoms with Crippen LogP contribution >= 0.6 is 23.4 Å². The van der Waals surface area contributed by atoms with E-state index in [0.29, 0.717) is 18.2 Å². The van der Waals surface area contributed by atoms with Gasteiger partial charge in [-0.15, -0.1) is 0 Å². The fourth-order valence-electron chi connectivity index (χ4n) is 2.98. The number of esters is 1. The molecule has 2 atom stereocenters. The van der Waals surface area contributed by atoms with E-state index in [4.69, 9.17) is 16.3 Å². The maximum Gasteiger partial charge on any atom is 0.307 e. The largest absolute Gasteiger partial charge is 0.466 e. The Hall–Kier alpha value is -1.24. The summed E-state index contributed by atoms with van der Waals surface area (Å²) in [4.78, 5) is 18.3. The number of benzene rings is 1. The second-order valence-corrected chi connectivity index (χ2v) is 7.12. The zero-order chi connectivity index (χ0) is 16.4. The maximum absolute atomic E-state index is 12.0. The van der Waals surface area contributed by atoms with Crippen molar-refractivity contribution in [3.63, 3.8) is 0 Å². The molecule has 0 bridgehead atoms. The Kier molecular flexibility index (Phi) is 4.85. The normalized spacial score (nSPS) is 26.7. The van der Waals surface area contributed by atoms with E-state index >= 15 is 0 Å². The predicted molar refractivity (Wildman–Crippen MR) is 91.6 cm³/mol. The topological polar surface area (TPSA) is 62.1 Å². The van der Waals surface area contributed by atoms with Crippen molar-refractivity contribution in [1.82, 2.24) is 4.90 Å². The average molecular weight is 355 g/mol. The molecule has 0 amide bonds. The summed E-state index contributed by atoms with van der Waals surface area (Å²) in [5.41, 5.74) is -0.558. The van der Waals surface area contributed by atoms with E-state index < -0.39 is 5.72 Å². The molecule has 0 aromatic heterocycles. The van der Waals surface area contributed by atoms with Gasteiger partial charge in [0.05, 0.1) is 18.3 Å². The lowest BCUT2D eigenvalue weighted by atomic mass is 9.95. The molecule has 1 N–H and O–H groups in total. The van der Waals surface area contributed by atoms with Crippen molar-refractivity contribution in [2.24, 2.45) is 4.99 Å². The van der Waals surface area contributed by atoms with Crippen LogP contribution in [-0.2, 0) is 15.3 Å². The van der Waals surface area contributed by atoms with Crippen LogP contribution in [0.2, 0.25) is 5.02 Å². The quantitative estimate of drug-likeness (QED) is 0.842. The molecule has 0 radical (unpaired) electrons. The second-order valence-electron chi connectivity index (χ2n) is 5.52. The molecule has 5 nitrogen and oxygen atoms in total. The molecule has 0 spiro atoms. The molecule has 3 rings (SSSR count). The number of amidine groups is 1. The van der Waals surface area contributed by atoms with E-state index in [2.05, 4.69) is 4.99 Å². The van der Waals surface area contributed by atoms with Gasteiger partial charge in [0.15, 0.2) is 10.9 Å². The average Bonchev–Trinajstić information content (AvgIpc) is 2.82. The summed E-state index contributed by atoms with van der Waals surface area (Å²) in [6, 6.07) is 7.11. The van der Waals surface area contributed by atoms with Gasteiger partial charge in [0.2, 0.25) is 0 Å². The number of carbonyl (C=O) groups is 1. The van der Waals surface area contributed by atoms with Crippen LogP contribution in [0, 0.1) is 0 Å². The Bertz CT molecular complexity index is 622. The highest BCUT2D eigenvalue weighted by Crippen LogP contribution is 2.47. The SMILES string of the molecule is CCOC(=O)CC1SC2=NCCCN2C1(O)c1ccc(Cl)cc1. The number of nitrogens with zero attached hydrogens (tertiary/aromatic N) is 2. The van der Waals surface area contributed by atoms with Crippen LogP contribution < -0.4 is 0 Å². The van der Waals surface area contributed by atoms with Gasteiger partial charge in [-0.2, -0.15) is 0 Å². The molecule has 23 heavy (non-hydrogen) atoms. The van der Waals surface area contributed by atoms with Crippen LogP contribution in [0.4, 0.5) is 0 Å². The number of ether oxygens (including phenoxy) is 1. The summed E-state index contributed by atoms with van der Waals surface area (Å²) in [7, 11) is 0. The minimum Gasteiger partial charge on any atom is -0.466 e. The molecule has 7 heteroatoms. The van der Waals surface area contributed by atoms with Gasteiger partial charge in [-0.25, -0.2) is 0 Å². The number of thioether (sulfide) groups is 1. The van der Waals surface area contributed by atoms with Crippen molar-refractivity contribution in [2.75, 3.05) is 19.7 Å². The third-order valence-electron chi connectivity index (χ3n) is 4.05. The fraction of sp³-hybridized carbons (Fsp3) is 0.500. The third-order valence-corrected chi connectivity index (χ3v) is 5.64. The van der Waals surface area contributed by atoms with Gasteiger partial charge in [-0.1, -0.05) is 35.5 Å². The molecule has 1 fully saturated rings. The summed E-state index contributed by atoms with van der Waals surface area (Å²) in [6.07, 6.45) is 1.01. The van der Waals surface area contributed by atoms with E-state index in [1.165, 1.54) is 11.8 Å². The van der Waals surface area contributed by atoms with Crippen LogP contribution in [0.25, 0.3) is 0 Å². The van der Waals surface area contributed by atoms with E-state index in [1.54, 1.807) is 31.2 Å². The van der Waals surface area contributed by atoms with Gasteiger partial charge in [-0.05, 0) is 25.5 Å². The molecule has 1 saturated heterocycles. The summed E-state index contributed by atoms with van der Waals surface area (Å²) < 4.78 is 5.06. The summed E-state index contributed by atoms with van der Waals surface area (Å²) >= 11 is 7.41. The van der Waals surface area contributed by atoms with Crippen molar-refractivity contribution >= 4 is 34.5 Å². The van der Waals surface area contributed by atoms with Crippen molar-refractivity contribution in [2.45, 2.75) is 30.7 Å². The van der Waals surface area contributed by atoms with Crippen LogP contribution in [0.1, 0.15) is 25.3 Å². The number of aliphatic imine (C=N–C) groups is 1. The molecule has 1 aromatic carbocycles. The lowest BCUT2D eigenvalue weighted by Gasteiger charge is -2.38. The number of hydrogen-bond acceptors (Lipinski definition) is 6. The monoisotopic (exact) mass is 354 g/mol. The summed E-state index contributed by atoms with van der Waals surface area (Å²) in [6.45, 7) is 3.57. The Morgan fingerprint density at radius 1 is 1.52 bits per heavy atom. The molecule has 1 aromatic rings. The maximum atomic E-state index is 12.0. The lowest BCUT2D eigenvalue weighted by Crippen LogP contribution is -2.50. The molecule has 2 unspecified atom stereocenters. The Morgan fingerprint density at radius 3 is 2.96 bits per heavy atom. The molecule has 2 aliphatic heterocycles. The van der Waals surface area contributed by atoms with Crippen molar-refractivity contribution < 1.29 is 14.6 Å². The van der Waals surface area contributed by atoms with E-state index in [-0.39, 0.29) is 17.6 Å². The first-order valence-corrected chi connectivity index (χ1v) is 8.94. The molecule has 0 aliphatic carbocycles. The van der Waals surface area contributed by atoms with E-state index in [1.807, 2.05) is 4.90 Å². The number of fused-ring (bicyclic) bond motifs is 1. The second kappa shape index (κ2) is 6.71. The van der Waals surface area contributed by atoms with Gasteiger partial charge >= 0.3 is 5.97 Å². The smallest absolute Gasteiger partial charge is 0.307 e. The zero-order valence-electron chi connectivity index (χ0n) is 12.9. The first-order chi connectivity index (χ1) is 11.1. The number of hydrogen-bond donors (Lipinski definition) is 1. The molecule has 2 aliphatic rings. The minimum absolute atomic E-state index is 0.132. The highest BCUT2D eigenvalue weighted by atomic mass is 35.5. The predicted octanol–water partition coefficient (Wildman–Crippen LogP) is 2.62.